The fraction of sp³-hybridized carbons (Fsp3) is 0.0769. The highest BCUT2D eigenvalue weighted by Crippen LogP contribution is 2.32. The van der Waals surface area contributed by atoms with Gasteiger partial charge in [-0.3, -0.25) is 0 Å². The average molecular weight is 230 g/mol. The summed E-state index contributed by atoms with van der Waals surface area (Å²) in [4.78, 5) is 22.6. The van der Waals surface area contributed by atoms with Crippen molar-refractivity contribution in [1.82, 2.24) is 0 Å². The highest BCUT2D eigenvalue weighted by atomic mass is 16.5. The molecule has 0 aromatic heterocycles. The number of aromatic carboxylic acids is 1. The van der Waals surface area contributed by atoms with Crippen LogP contribution in [0.2, 0.25) is 0 Å². The zero-order valence-electron chi connectivity index (χ0n) is 9.14. The molecule has 2 aliphatic rings. The van der Waals surface area contributed by atoms with Gasteiger partial charge in [0, 0.05) is 0 Å². The van der Waals surface area contributed by atoms with E-state index in [9.17, 15) is 9.59 Å². The van der Waals surface area contributed by atoms with Crippen LogP contribution in [0.4, 0.5) is 0 Å². The molecule has 0 amide bonds. The van der Waals surface area contributed by atoms with Crippen LogP contribution in [-0.4, -0.2) is 24.2 Å². The molecule has 0 aliphatic heterocycles. The van der Waals surface area contributed by atoms with Gasteiger partial charge in [-0.15, -0.1) is 0 Å². The first-order chi connectivity index (χ1) is 8.15. The van der Waals surface area contributed by atoms with E-state index in [1.807, 2.05) is 0 Å². The van der Waals surface area contributed by atoms with Gasteiger partial charge < -0.3 is 9.84 Å². The third kappa shape index (κ3) is 1.85. The van der Waals surface area contributed by atoms with Gasteiger partial charge in [0.1, 0.15) is 0 Å². The van der Waals surface area contributed by atoms with E-state index in [0.29, 0.717) is 11.1 Å². The zero-order valence-corrected chi connectivity index (χ0v) is 9.14. The second-order valence-corrected chi connectivity index (χ2v) is 3.51. The lowest BCUT2D eigenvalue weighted by atomic mass is 10.1. The molecular weight excluding hydrogens is 220 g/mol. The van der Waals surface area contributed by atoms with E-state index in [4.69, 9.17) is 5.11 Å². The summed E-state index contributed by atoms with van der Waals surface area (Å²) in [5.74, 6) is -1.59. The summed E-state index contributed by atoms with van der Waals surface area (Å²) in [7, 11) is 1.27. The summed E-state index contributed by atoms with van der Waals surface area (Å²) < 4.78 is 4.64. The second kappa shape index (κ2) is 4.25. The summed E-state index contributed by atoms with van der Waals surface area (Å²) in [5, 5.41) is 9.08. The zero-order chi connectivity index (χ0) is 12.4. The third-order valence-corrected chi connectivity index (χ3v) is 2.54. The maximum absolute atomic E-state index is 11.6. The standard InChI is InChI=1S/C13H10O4/c1-17-13(16)11-7-10(12(14)15)8-5-3-2-4-6-9(8)11/h2-7H,1H3,(H,14,15). The Hall–Kier alpha value is -2.36. The van der Waals surface area contributed by atoms with E-state index in [2.05, 4.69) is 4.74 Å². The molecular formula is C13H10O4. The summed E-state index contributed by atoms with van der Waals surface area (Å²) in [6, 6.07) is 9.97. The SMILES string of the molecule is COC(=O)c1cc(C(=O)O)c2cccccc1-2. The molecule has 0 fully saturated rings. The van der Waals surface area contributed by atoms with Crippen LogP contribution in [0.15, 0.2) is 36.4 Å². The van der Waals surface area contributed by atoms with Crippen molar-refractivity contribution >= 4 is 11.9 Å². The Morgan fingerprint density at radius 2 is 1.65 bits per heavy atom. The summed E-state index contributed by atoms with van der Waals surface area (Å²) in [6.07, 6.45) is 0. The number of hydrogen-bond acceptors (Lipinski definition) is 3. The van der Waals surface area contributed by atoms with Gasteiger partial charge in [-0.05, 0) is 17.2 Å². The Morgan fingerprint density at radius 3 is 2.18 bits per heavy atom. The molecule has 0 aromatic carbocycles. The van der Waals surface area contributed by atoms with E-state index in [-0.39, 0.29) is 11.1 Å². The van der Waals surface area contributed by atoms with Crippen molar-refractivity contribution < 1.29 is 19.4 Å². The van der Waals surface area contributed by atoms with Gasteiger partial charge in [-0.2, -0.15) is 0 Å². The predicted octanol–water partition coefficient (Wildman–Crippen LogP) is 2.28. The van der Waals surface area contributed by atoms with Crippen molar-refractivity contribution in [2.24, 2.45) is 0 Å². The molecule has 0 heterocycles. The molecule has 0 saturated carbocycles. The van der Waals surface area contributed by atoms with Gasteiger partial charge in [-0.1, -0.05) is 30.3 Å². The highest BCUT2D eigenvalue weighted by Gasteiger charge is 2.23. The highest BCUT2D eigenvalue weighted by molar-refractivity contribution is 6.07. The maximum atomic E-state index is 11.6. The average Bonchev–Trinajstić information content (AvgIpc) is 2.51. The van der Waals surface area contributed by atoms with Gasteiger partial charge >= 0.3 is 11.9 Å². The maximum Gasteiger partial charge on any atom is 0.338 e. The van der Waals surface area contributed by atoms with Gasteiger partial charge in [0.25, 0.3) is 0 Å². The molecule has 2 aliphatic carbocycles. The van der Waals surface area contributed by atoms with Gasteiger partial charge in [0.05, 0.1) is 18.2 Å². The minimum absolute atomic E-state index is 0.108. The van der Waals surface area contributed by atoms with Gasteiger partial charge in [0.15, 0.2) is 0 Å². The Morgan fingerprint density at radius 1 is 1.06 bits per heavy atom. The normalized spacial score (nSPS) is 10.2. The number of esters is 1. The minimum Gasteiger partial charge on any atom is -0.478 e. The number of carboxylic acid groups (broad SMARTS) is 1. The molecule has 4 heteroatoms. The number of carbonyl (C=O) groups is 2. The number of rotatable bonds is 2. The fourth-order valence-corrected chi connectivity index (χ4v) is 1.77. The molecule has 0 saturated heterocycles. The number of ether oxygens (including phenoxy) is 1. The van der Waals surface area contributed by atoms with Gasteiger partial charge in [0.2, 0.25) is 0 Å². The summed E-state index contributed by atoms with van der Waals surface area (Å²) in [5.41, 5.74) is 1.50. The molecule has 0 unspecified atom stereocenters. The van der Waals surface area contributed by atoms with Crippen LogP contribution >= 0.6 is 0 Å². The molecule has 4 nitrogen and oxygen atoms in total. The molecule has 0 spiro atoms. The Bertz CT molecular complexity index is 559. The lowest BCUT2D eigenvalue weighted by Crippen LogP contribution is -2.00. The first kappa shape index (κ1) is 11.1. The fourth-order valence-electron chi connectivity index (χ4n) is 1.77. The number of carboxylic acids is 1. The molecule has 0 atom stereocenters. The minimum atomic E-state index is -1.06. The Kier molecular flexibility index (Phi) is 2.78. The van der Waals surface area contributed by atoms with Crippen molar-refractivity contribution in [1.29, 1.82) is 0 Å². The number of carbonyl (C=O) groups excluding carboxylic acids is 1. The molecule has 0 bridgehead atoms. The van der Waals surface area contributed by atoms with Crippen molar-refractivity contribution in [3.63, 3.8) is 0 Å². The van der Waals surface area contributed by atoms with E-state index in [0.717, 1.165) is 0 Å². The number of methoxy groups -OCH3 is 1. The third-order valence-electron chi connectivity index (χ3n) is 2.54. The molecule has 2 rings (SSSR count). The van der Waals surface area contributed by atoms with E-state index >= 15 is 0 Å². The van der Waals surface area contributed by atoms with Crippen LogP contribution in [0.1, 0.15) is 20.7 Å². The Balaban J connectivity index is 2.73. The summed E-state index contributed by atoms with van der Waals surface area (Å²) in [6.45, 7) is 0. The molecule has 0 aromatic rings. The van der Waals surface area contributed by atoms with Crippen LogP contribution in [0.5, 0.6) is 0 Å². The lowest BCUT2D eigenvalue weighted by Gasteiger charge is -1.98. The van der Waals surface area contributed by atoms with Crippen LogP contribution in [-0.2, 0) is 4.74 Å². The molecule has 0 radical (unpaired) electrons. The van der Waals surface area contributed by atoms with Crippen molar-refractivity contribution in [3.05, 3.63) is 47.5 Å². The van der Waals surface area contributed by atoms with Crippen LogP contribution < -0.4 is 0 Å². The van der Waals surface area contributed by atoms with Gasteiger partial charge in [-0.25, -0.2) is 9.59 Å². The van der Waals surface area contributed by atoms with Crippen LogP contribution in [0, 0.1) is 0 Å². The summed E-state index contributed by atoms with van der Waals surface area (Å²) >= 11 is 0. The van der Waals surface area contributed by atoms with Crippen molar-refractivity contribution in [3.8, 4) is 11.1 Å². The predicted molar refractivity (Wildman–Crippen MR) is 61.4 cm³/mol. The van der Waals surface area contributed by atoms with E-state index < -0.39 is 11.9 Å². The number of fused-ring (bicyclic) bond motifs is 1. The quantitative estimate of drug-likeness (QED) is 0.804. The topological polar surface area (TPSA) is 63.6 Å². The smallest absolute Gasteiger partial charge is 0.338 e. The molecule has 1 N–H and O–H groups in total. The molecule has 17 heavy (non-hydrogen) atoms. The Labute approximate surface area is 97.8 Å². The number of hydrogen-bond donors (Lipinski definition) is 1. The lowest BCUT2D eigenvalue weighted by molar-refractivity contribution is 0.0602. The largest absolute Gasteiger partial charge is 0.478 e. The van der Waals surface area contributed by atoms with Crippen molar-refractivity contribution in [2.75, 3.05) is 7.11 Å². The first-order valence-electron chi connectivity index (χ1n) is 4.98. The monoisotopic (exact) mass is 230 g/mol. The van der Waals surface area contributed by atoms with E-state index in [1.165, 1.54) is 13.2 Å². The van der Waals surface area contributed by atoms with Crippen LogP contribution in [0.3, 0.4) is 0 Å². The van der Waals surface area contributed by atoms with Crippen molar-refractivity contribution in [2.45, 2.75) is 0 Å². The second-order valence-electron chi connectivity index (χ2n) is 3.51. The first-order valence-corrected chi connectivity index (χ1v) is 4.98. The molecule has 86 valence electrons. The van der Waals surface area contributed by atoms with Crippen LogP contribution in [0.25, 0.3) is 11.1 Å². The van der Waals surface area contributed by atoms with E-state index in [1.54, 1.807) is 30.3 Å².